The Hall–Kier alpha value is -0.610. The van der Waals surface area contributed by atoms with Crippen molar-refractivity contribution in [3.63, 3.8) is 0 Å². The normalized spacial score (nSPS) is 44.0. The summed E-state index contributed by atoms with van der Waals surface area (Å²) in [5, 5.41) is 0. The molecule has 7 atom stereocenters. The van der Waals surface area contributed by atoms with Crippen LogP contribution in [-0.2, 0) is 19.0 Å². The fraction of sp³-hybridized carbons (Fsp3) is 0.941. The standard InChI is InChI=1S/C17H28O4/c1-4-13-15-10-7-11(16(15)14(5-2)21-13)12(8-10)17(18)20-9-19-6-3/h10-16H,4-9H2,1-3H3. The number of rotatable bonds is 6. The minimum atomic E-state index is -0.0517. The molecule has 1 aliphatic heterocycles. The Labute approximate surface area is 127 Å². The van der Waals surface area contributed by atoms with Crippen LogP contribution in [0.1, 0.15) is 46.5 Å². The van der Waals surface area contributed by atoms with E-state index in [0.29, 0.717) is 42.5 Å². The Kier molecular flexibility index (Phi) is 4.55. The fourth-order valence-electron chi connectivity index (χ4n) is 5.23. The van der Waals surface area contributed by atoms with Gasteiger partial charge in [0.1, 0.15) is 0 Å². The number of hydrogen-bond donors (Lipinski definition) is 0. The smallest absolute Gasteiger partial charge is 0.311 e. The molecule has 7 unspecified atom stereocenters. The van der Waals surface area contributed by atoms with Crippen molar-refractivity contribution >= 4 is 5.97 Å². The lowest BCUT2D eigenvalue weighted by atomic mass is 9.70. The van der Waals surface area contributed by atoms with Gasteiger partial charge in [-0.15, -0.1) is 0 Å². The van der Waals surface area contributed by atoms with Crippen LogP contribution in [-0.4, -0.2) is 31.6 Å². The van der Waals surface area contributed by atoms with Crippen LogP contribution in [0.3, 0.4) is 0 Å². The van der Waals surface area contributed by atoms with Crippen molar-refractivity contribution < 1.29 is 19.0 Å². The summed E-state index contributed by atoms with van der Waals surface area (Å²) in [6.07, 6.45) is 5.10. The largest absolute Gasteiger partial charge is 0.438 e. The SMILES string of the molecule is CCOCOC(=O)C1CC2CC1C1C(CC)OC(CC)C21. The first-order valence-corrected chi connectivity index (χ1v) is 8.61. The molecular weight excluding hydrogens is 268 g/mol. The second kappa shape index (κ2) is 6.25. The first kappa shape index (κ1) is 15.3. The highest BCUT2D eigenvalue weighted by Gasteiger charge is 2.62. The molecule has 4 heteroatoms. The van der Waals surface area contributed by atoms with Gasteiger partial charge in [0.2, 0.25) is 0 Å². The van der Waals surface area contributed by atoms with Gasteiger partial charge < -0.3 is 14.2 Å². The maximum Gasteiger partial charge on any atom is 0.311 e. The van der Waals surface area contributed by atoms with Crippen molar-refractivity contribution in [1.82, 2.24) is 0 Å². The highest BCUT2D eigenvalue weighted by Crippen LogP contribution is 2.62. The number of fused-ring (bicyclic) bond motifs is 5. The van der Waals surface area contributed by atoms with Crippen LogP contribution in [0.25, 0.3) is 0 Å². The van der Waals surface area contributed by atoms with E-state index in [4.69, 9.17) is 14.2 Å². The summed E-state index contributed by atoms with van der Waals surface area (Å²) in [4.78, 5) is 12.3. The van der Waals surface area contributed by atoms with E-state index in [2.05, 4.69) is 13.8 Å². The Morgan fingerprint density at radius 1 is 1.10 bits per heavy atom. The predicted octanol–water partition coefficient (Wildman–Crippen LogP) is 3.00. The number of esters is 1. The second-order valence-corrected chi connectivity index (χ2v) is 6.76. The molecule has 120 valence electrons. The third-order valence-electron chi connectivity index (χ3n) is 5.94. The molecule has 0 amide bonds. The number of carbonyl (C=O) groups is 1. The van der Waals surface area contributed by atoms with E-state index < -0.39 is 0 Å². The molecule has 0 aromatic rings. The zero-order chi connectivity index (χ0) is 15.0. The van der Waals surface area contributed by atoms with Crippen LogP contribution in [0.15, 0.2) is 0 Å². The molecule has 3 aliphatic rings. The molecule has 0 aromatic carbocycles. The van der Waals surface area contributed by atoms with E-state index in [1.807, 2.05) is 6.92 Å². The Bertz CT molecular complexity index is 383. The van der Waals surface area contributed by atoms with Gasteiger partial charge in [-0.2, -0.15) is 0 Å². The zero-order valence-electron chi connectivity index (χ0n) is 13.4. The molecular formula is C17H28O4. The summed E-state index contributed by atoms with van der Waals surface area (Å²) >= 11 is 0. The zero-order valence-corrected chi connectivity index (χ0v) is 13.4. The molecule has 2 bridgehead atoms. The van der Waals surface area contributed by atoms with Crippen LogP contribution in [0.2, 0.25) is 0 Å². The molecule has 2 saturated carbocycles. The molecule has 1 heterocycles. The van der Waals surface area contributed by atoms with Crippen molar-refractivity contribution in [1.29, 1.82) is 0 Å². The molecule has 3 fully saturated rings. The number of ether oxygens (including phenoxy) is 3. The lowest BCUT2D eigenvalue weighted by Gasteiger charge is -2.32. The quantitative estimate of drug-likeness (QED) is 0.429. The van der Waals surface area contributed by atoms with E-state index in [9.17, 15) is 4.79 Å². The van der Waals surface area contributed by atoms with Crippen molar-refractivity contribution in [2.75, 3.05) is 13.4 Å². The topological polar surface area (TPSA) is 44.8 Å². The Balaban J connectivity index is 1.67. The lowest BCUT2D eigenvalue weighted by Crippen LogP contribution is -2.36. The molecule has 4 nitrogen and oxygen atoms in total. The third kappa shape index (κ3) is 2.50. The molecule has 0 spiro atoms. The maximum atomic E-state index is 12.3. The van der Waals surface area contributed by atoms with Crippen LogP contribution in [0, 0.1) is 29.6 Å². The summed E-state index contributed by atoms with van der Waals surface area (Å²) in [5.74, 6) is 2.40. The average molecular weight is 296 g/mol. The van der Waals surface area contributed by atoms with Crippen molar-refractivity contribution in [2.24, 2.45) is 29.6 Å². The first-order chi connectivity index (χ1) is 10.2. The van der Waals surface area contributed by atoms with Gasteiger partial charge in [-0.25, -0.2) is 0 Å². The van der Waals surface area contributed by atoms with E-state index in [1.165, 1.54) is 6.42 Å². The molecule has 0 radical (unpaired) electrons. The van der Waals surface area contributed by atoms with Crippen molar-refractivity contribution in [3.05, 3.63) is 0 Å². The molecule has 1 saturated heterocycles. The van der Waals surface area contributed by atoms with Gasteiger partial charge in [0, 0.05) is 6.61 Å². The summed E-state index contributed by atoms with van der Waals surface area (Å²) in [6, 6.07) is 0. The van der Waals surface area contributed by atoms with Gasteiger partial charge in [0.25, 0.3) is 0 Å². The molecule has 2 aliphatic carbocycles. The molecule has 21 heavy (non-hydrogen) atoms. The summed E-state index contributed by atoms with van der Waals surface area (Å²) in [7, 11) is 0. The minimum Gasteiger partial charge on any atom is -0.438 e. The summed E-state index contributed by atoms with van der Waals surface area (Å²) < 4.78 is 16.7. The monoisotopic (exact) mass is 296 g/mol. The Morgan fingerprint density at radius 3 is 2.48 bits per heavy atom. The number of carbonyl (C=O) groups excluding carboxylic acids is 1. The minimum absolute atomic E-state index is 0.0517. The van der Waals surface area contributed by atoms with E-state index in [-0.39, 0.29) is 18.7 Å². The summed E-state index contributed by atoms with van der Waals surface area (Å²) in [5.41, 5.74) is 0. The molecule has 3 rings (SSSR count). The van der Waals surface area contributed by atoms with Gasteiger partial charge >= 0.3 is 5.97 Å². The van der Waals surface area contributed by atoms with E-state index >= 15 is 0 Å². The average Bonchev–Trinajstić information content (AvgIpc) is 3.17. The fourth-order valence-corrected chi connectivity index (χ4v) is 5.23. The van der Waals surface area contributed by atoms with Crippen LogP contribution >= 0.6 is 0 Å². The van der Waals surface area contributed by atoms with Crippen LogP contribution in [0.4, 0.5) is 0 Å². The second-order valence-electron chi connectivity index (χ2n) is 6.76. The lowest BCUT2D eigenvalue weighted by molar-refractivity contribution is -0.163. The van der Waals surface area contributed by atoms with Crippen molar-refractivity contribution in [3.8, 4) is 0 Å². The molecule has 0 aromatic heterocycles. The number of hydrogen-bond acceptors (Lipinski definition) is 4. The van der Waals surface area contributed by atoms with Gasteiger partial charge in [-0.05, 0) is 56.3 Å². The third-order valence-corrected chi connectivity index (χ3v) is 5.94. The predicted molar refractivity (Wildman–Crippen MR) is 78.5 cm³/mol. The van der Waals surface area contributed by atoms with Gasteiger partial charge in [-0.3, -0.25) is 4.79 Å². The first-order valence-electron chi connectivity index (χ1n) is 8.61. The van der Waals surface area contributed by atoms with Crippen LogP contribution < -0.4 is 0 Å². The maximum absolute atomic E-state index is 12.3. The van der Waals surface area contributed by atoms with Crippen molar-refractivity contribution in [2.45, 2.75) is 58.7 Å². The van der Waals surface area contributed by atoms with Gasteiger partial charge in [-0.1, -0.05) is 13.8 Å². The van der Waals surface area contributed by atoms with E-state index in [1.54, 1.807) is 0 Å². The highest BCUT2D eigenvalue weighted by molar-refractivity contribution is 5.73. The summed E-state index contributed by atoms with van der Waals surface area (Å²) in [6.45, 7) is 7.01. The molecule has 0 N–H and O–H groups in total. The van der Waals surface area contributed by atoms with Gasteiger partial charge in [0.15, 0.2) is 6.79 Å². The van der Waals surface area contributed by atoms with Crippen LogP contribution in [0.5, 0.6) is 0 Å². The highest BCUT2D eigenvalue weighted by atomic mass is 16.7. The van der Waals surface area contributed by atoms with Gasteiger partial charge in [0.05, 0.1) is 18.1 Å². The van der Waals surface area contributed by atoms with E-state index in [0.717, 1.165) is 19.3 Å². The Morgan fingerprint density at radius 2 is 1.81 bits per heavy atom.